The van der Waals surface area contributed by atoms with Crippen LogP contribution in [-0.2, 0) is 26.1 Å². The molecule has 1 amide bonds. The number of methoxy groups -OCH3 is 1. The van der Waals surface area contributed by atoms with E-state index in [0.717, 1.165) is 39.3 Å². The third kappa shape index (κ3) is 6.42. The number of carbonyl (C=O) groups is 1. The molecule has 1 aliphatic heterocycles. The van der Waals surface area contributed by atoms with Crippen molar-refractivity contribution in [2.75, 3.05) is 25.7 Å². The Morgan fingerprint density at radius 2 is 1.80 bits per heavy atom. The van der Waals surface area contributed by atoms with E-state index in [0.29, 0.717) is 25.0 Å². The second-order valence-electron chi connectivity index (χ2n) is 11.1. The minimum atomic E-state index is -3.93. The Bertz CT molecular complexity index is 1870. The van der Waals surface area contributed by atoms with E-state index >= 15 is 0 Å². The van der Waals surface area contributed by atoms with Gasteiger partial charge in [0, 0.05) is 29.7 Å². The first-order valence-electron chi connectivity index (χ1n) is 14.8. The van der Waals surface area contributed by atoms with Gasteiger partial charge in [0.25, 0.3) is 0 Å². The van der Waals surface area contributed by atoms with Gasteiger partial charge in [0.1, 0.15) is 11.8 Å². The number of carbonyl (C=O) groups excluding carboxylic acids is 1. The third-order valence-electron chi connectivity index (χ3n) is 8.12. The Balaban J connectivity index is 1.21. The highest BCUT2D eigenvalue weighted by Crippen LogP contribution is 2.28. The predicted octanol–water partition coefficient (Wildman–Crippen LogP) is 5.64. The van der Waals surface area contributed by atoms with Gasteiger partial charge in [-0.05, 0) is 65.9 Å². The van der Waals surface area contributed by atoms with Crippen LogP contribution in [0.4, 0.5) is 5.69 Å². The summed E-state index contributed by atoms with van der Waals surface area (Å²) >= 11 is 0. The number of H-pyrrole nitrogens is 1. The van der Waals surface area contributed by atoms with Crippen molar-refractivity contribution in [1.82, 2.24) is 14.6 Å². The highest BCUT2D eigenvalue weighted by molar-refractivity contribution is 7.89. The molecule has 6 rings (SSSR count). The number of nitrogens with one attached hydrogen (secondary N) is 3. The quantitative estimate of drug-likeness (QED) is 0.166. The minimum Gasteiger partial charge on any atom is -0.497 e. The number of fused-ring (bicyclic) bond motifs is 2. The number of hydrogen-bond acceptors (Lipinski definition) is 6. The van der Waals surface area contributed by atoms with E-state index in [1.807, 2.05) is 66.9 Å². The fourth-order valence-electron chi connectivity index (χ4n) is 5.85. The average molecular weight is 613 g/mol. The van der Waals surface area contributed by atoms with Crippen LogP contribution in [-0.4, -0.2) is 56.0 Å². The number of benzene rings is 4. The van der Waals surface area contributed by atoms with E-state index in [4.69, 9.17) is 9.57 Å². The van der Waals surface area contributed by atoms with Crippen LogP contribution in [0, 0.1) is 0 Å². The number of aromatic nitrogens is 1. The zero-order valence-electron chi connectivity index (χ0n) is 24.5. The Labute approximate surface area is 257 Å². The molecule has 0 spiro atoms. The first-order valence-corrected chi connectivity index (χ1v) is 16.2. The molecule has 0 bridgehead atoms. The van der Waals surface area contributed by atoms with Gasteiger partial charge in [-0.25, -0.2) is 8.42 Å². The van der Waals surface area contributed by atoms with Crippen molar-refractivity contribution in [1.29, 1.82) is 0 Å². The van der Waals surface area contributed by atoms with Crippen LogP contribution < -0.4 is 15.5 Å². The lowest BCUT2D eigenvalue weighted by Gasteiger charge is -2.34. The van der Waals surface area contributed by atoms with Crippen molar-refractivity contribution in [2.24, 2.45) is 0 Å². The van der Waals surface area contributed by atoms with Crippen molar-refractivity contribution in [3.8, 4) is 5.75 Å². The second-order valence-corrected chi connectivity index (χ2v) is 12.9. The van der Waals surface area contributed by atoms with Gasteiger partial charge < -0.3 is 15.0 Å². The SMILES string of the molecule is COc1cccc(S(=O)(=O)N2CCCC[C@H]2C(=O)N[C@H](CONc2ccc3ccccc3c2)Cc2c[nH]c3ccccc23)c1. The average Bonchev–Trinajstić information content (AvgIpc) is 3.47. The zero-order valence-corrected chi connectivity index (χ0v) is 25.3. The van der Waals surface area contributed by atoms with Crippen molar-refractivity contribution in [2.45, 2.75) is 42.7 Å². The molecule has 9 nitrogen and oxygen atoms in total. The summed E-state index contributed by atoms with van der Waals surface area (Å²) in [5.41, 5.74) is 5.86. The number of piperidine rings is 1. The number of anilines is 1. The molecule has 0 radical (unpaired) electrons. The van der Waals surface area contributed by atoms with Crippen molar-refractivity contribution in [3.63, 3.8) is 0 Å². The van der Waals surface area contributed by atoms with E-state index in [2.05, 4.69) is 21.8 Å². The lowest BCUT2D eigenvalue weighted by Crippen LogP contribution is -2.54. The van der Waals surface area contributed by atoms with Crippen LogP contribution in [0.5, 0.6) is 5.75 Å². The molecule has 2 atom stereocenters. The first-order chi connectivity index (χ1) is 21.4. The molecule has 1 fully saturated rings. The largest absolute Gasteiger partial charge is 0.497 e. The Morgan fingerprint density at radius 1 is 0.977 bits per heavy atom. The number of ether oxygens (including phenoxy) is 1. The summed E-state index contributed by atoms with van der Waals surface area (Å²) < 4.78 is 34.0. The van der Waals surface area contributed by atoms with Crippen molar-refractivity contribution < 1.29 is 22.8 Å². The van der Waals surface area contributed by atoms with E-state index in [-0.39, 0.29) is 24.0 Å². The molecule has 0 saturated carbocycles. The second kappa shape index (κ2) is 13.1. The smallest absolute Gasteiger partial charge is 0.243 e. The Kier molecular flexibility index (Phi) is 8.83. The number of aromatic amines is 1. The summed E-state index contributed by atoms with van der Waals surface area (Å²) in [7, 11) is -2.44. The molecule has 1 aromatic heterocycles. The van der Waals surface area contributed by atoms with Crippen LogP contribution in [0.25, 0.3) is 21.7 Å². The molecule has 1 aliphatic rings. The minimum absolute atomic E-state index is 0.106. The Morgan fingerprint density at radius 3 is 2.66 bits per heavy atom. The first kappa shape index (κ1) is 29.7. The maximum atomic E-state index is 13.9. The third-order valence-corrected chi connectivity index (χ3v) is 10.0. The number of rotatable bonds is 11. The number of sulfonamides is 1. The van der Waals surface area contributed by atoms with Gasteiger partial charge in [-0.15, -0.1) is 0 Å². The van der Waals surface area contributed by atoms with Gasteiger partial charge >= 0.3 is 0 Å². The standard InChI is InChI=1S/C34H36N4O5S/c1-42-29-11-8-12-30(21-29)44(40,41)38-18-7-6-15-33(38)34(39)36-28(20-26-22-35-32-14-5-4-13-31(26)32)23-43-37-27-17-16-24-9-2-3-10-25(24)19-27/h2-5,8-14,16-17,19,21-22,28,33,35,37H,6-7,15,18,20,23H2,1H3,(H,36,39)/t28-,33-/m0/s1. The van der Waals surface area contributed by atoms with E-state index < -0.39 is 22.1 Å². The van der Waals surface area contributed by atoms with E-state index in [9.17, 15) is 13.2 Å². The monoisotopic (exact) mass is 612 g/mol. The Hall–Kier alpha value is -4.38. The van der Waals surface area contributed by atoms with Crippen LogP contribution in [0.15, 0.2) is 102 Å². The molecular formula is C34H36N4O5S. The maximum absolute atomic E-state index is 13.9. The fraction of sp³-hybridized carbons (Fsp3) is 0.265. The van der Waals surface area contributed by atoms with Crippen LogP contribution in [0.3, 0.4) is 0 Å². The molecule has 3 N–H and O–H groups in total. The normalized spacial score (nSPS) is 16.5. The van der Waals surface area contributed by atoms with Crippen LogP contribution in [0.1, 0.15) is 24.8 Å². The molecule has 4 aromatic carbocycles. The lowest BCUT2D eigenvalue weighted by atomic mass is 10.0. The van der Waals surface area contributed by atoms with Gasteiger partial charge in [-0.3, -0.25) is 15.1 Å². The predicted molar refractivity (Wildman–Crippen MR) is 172 cm³/mol. The van der Waals surface area contributed by atoms with Gasteiger partial charge in [-0.1, -0.05) is 61.0 Å². The number of hydrogen-bond donors (Lipinski definition) is 3. The molecule has 228 valence electrons. The summed E-state index contributed by atoms with van der Waals surface area (Å²) in [6, 6.07) is 27.1. The molecule has 44 heavy (non-hydrogen) atoms. The van der Waals surface area contributed by atoms with Crippen molar-refractivity contribution >= 4 is 43.3 Å². The summed E-state index contributed by atoms with van der Waals surface area (Å²) in [5, 5.41) is 6.41. The van der Waals surface area contributed by atoms with Gasteiger partial charge in [0.15, 0.2) is 0 Å². The topological polar surface area (TPSA) is 113 Å². The summed E-state index contributed by atoms with van der Waals surface area (Å²) in [4.78, 5) is 23.2. The van der Waals surface area contributed by atoms with Crippen molar-refractivity contribution in [3.05, 3.63) is 103 Å². The van der Waals surface area contributed by atoms with E-state index in [1.165, 1.54) is 23.5 Å². The van der Waals surface area contributed by atoms with Crippen LogP contribution in [0.2, 0.25) is 0 Å². The number of amides is 1. The summed E-state index contributed by atoms with van der Waals surface area (Å²) in [6.07, 6.45) is 4.32. The lowest BCUT2D eigenvalue weighted by molar-refractivity contribution is -0.126. The molecule has 10 heteroatoms. The van der Waals surface area contributed by atoms with Gasteiger partial charge in [-0.2, -0.15) is 4.31 Å². The fourth-order valence-corrected chi connectivity index (χ4v) is 7.54. The molecular weight excluding hydrogens is 576 g/mol. The molecule has 0 aliphatic carbocycles. The molecule has 2 heterocycles. The molecule has 5 aromatic rings. The van der Waals surface area contributed by atoms with E-state index in [1.54, 1.807) is 12.1 Å². The van der Waals surface area contributed by atoms with Gasteiger partial charge in [0.05, 0.1) is 30.3 Å². The molecule has 0 unspecified atom stereocenters. The number of nitrogens with zero attached hydrogens (tertiary/aromatic N) is 1. The summed E-state index contributed by atoms with van der Waals surface area (Å²) in [6.45, 7) is 0.429. The number of para-hydroxylation sites is 1. The van der Waals surface area contributed by atoms with Gasteiger partial charge in [0.2, 0.25) is 15.9 Å². The maximum Gasteiger partial charge on any atom is 0.243 e. The highest BCUT2D eigenvalue weighted by Gasteiger charge is 2.38. The summed E-state index contributed by atoms with van der Waals surface area (Å²) in [5.74, 6) is 0.106. The zero-order chi connectivity index (χ0) is 30.5. The van der Waals surface area contributed by atoms with Crippen LogP contribution >= 0.6 is 0 Å². The molecule has 1 saturated heterocycles. The highest BCUT2D eigenvalue weighted by atomic mass is 32.2.